The van der Waals surface area contributed by atoms with Crippen molar-refractivity contribution in [3.05, 3.63) is 54.7 Å². The Kier molecular flexibility index (Phi) is 6.41. The third-order valence-corrected chi connectivity index (χ3v) is 5.56. The van der Waals surface area contributed by atoms with Crippen LogP contribution < -0.4 is 10.6 Å². The van der Waals surface area contributed by atoms with E-state index >= 15 is 0 Å². The molecule has 1 aliphatic heterocycles. The lowest BCUT2D eigenvalue weighted by Crippen LogP contribution is -2.25. The van der Waals surface area contributed by atoms with E-state index in [9.17, 15) is 4.79 Å². The molecule has 4 aromatic rings. The molecule has 1 atom stereocenters. The number of carbonyl (C=O) groups excluding carboxylic acids is 1. The zero-order valence-corrected chi connectivity index (χ0v) is 18.7. The molecule has 1 aliphatic rings. The number of H-pyrrole nitrogens is 1. The molecule has 10 heteroatoms. The Bertz CT molecular complexity index is 1300. The van der Waals surface area contributed by atoms with Crippen LogP contribution in [-0.2, 0) is 14.3 Å². The summed E-state index contributed by atoms with van der Waals surface area (Å²) in [4.78, 5) is 33.1. The number of benzene rings is 1. The maximum atomic E-state index is 12.6. The van der Waals surface area contributed by atoms with E-state index in [0.717, 1.165) is 28.8 Å². The summed E-state index contributed by atoms with van der Waals surface area (Å²) in [6, 6.07) is 9.51. The Morgan fingerprint density at radius 3 is 3.06 bits per heavy atom. The van der Waals surface area contributed by atoms with Gasteiger partial charge in [0.15, 0.2) is 5.65 Å². The van der Waals surface area contributed by atoms with Crippen molar-refractivity contribution in [2.45, 2.75) is 25.9 Å². The van der Waals surface area contributed by atoms with Gasteiger partial charge in [0.05, 0.1) is 25.5 Å². The van der Waals surface area contributed by atoms with E-state index in [0.29, 0.717) is 42.7 Å². The topological polar surface area (TPSA) is 127 Å². The number of nitrogens with zero attached hydrogens (tertiary/aromatic N) is 4. The lowest BCUT2D eigenvalue weighted by molar-refractivity contribution is -0.119. The number of pyridine rings is 1. The first kappa shape index (κ1) is 21.9. The number of amides is 1. The quantitative estimate of drug-likeness (QED) is 0.399. The van der Waals surface area contributed by atoms with Crippen LogP contribution in [0.5, 0.6) is 0 Å². The van der Waals surface area contributed by atoms with Gasteiger partial charge >= 0.3 is 0 Å². The van der Waals surface area contributed by atoms with Crippen LogP contribution in [0.2, 0.25) is 0 Å². The highest BCUT2D eigenvalue weighted by Crippen LogP contribution is 2.32. The van der Waals surface area contributed by atoms with Gasteiger partial charge in [0.2, 0.25) is 5.91 Å². The number of anilines is 3. The Labute approximate surface area is 196 Å². The van der Waals surface area contributed by atoms with Gasteiger partial charge < -0.3 is 25.1 Å². The summed E-state index contributed by atoms with van der Waals surface area (Å²) in [6.07, 6.45) is 5.66. The van der Waals surface area contributed by atoms with Crippen LogP contribution in [0.25, 0.3) is 22.4 Å². The zero-order valence-electron chi connectivity index (χ0n) is 18.7. The van der Waals surface area contributed by atoms with Crippen molar-refractivity contribution >= 4 is 34.3 Å². The molecule has 0 saturated carbocycles. The summed E-state index contributed by atoms with van der Waals surface area (Å²) >= 11 is 0. The molecular formula is C24H25N7O3. The number of carbonyl (C=O) groups is 1. The van der Waals surface area contributed by atoms with Gasteiger partial charge in [-0.2, -0.15) is 0 Å². The van der Waals surface area contributed by atoms with Crippen molar-refractivity contribution in [2.75, 3.05) is 30.5 Å². The van der Waals surface area contributed by atoms with Gasteiger partial charge in [0.1, 0.15) is 23.4 Å². The second kappa shape index (κ2) is 9.94. The summed E-state index contributed by atoms with van der Waals surface area (Å²) < 4.78 is 11.2. The number of aryl methyl sites for hydroxylation is 1. The highest BCUT2D eigenvalue weighted by atomic mass is 16.5. The van der Waals surface area contributed by atoms with Crippen LogP contribution in [0.1, 0.15) is 18.4 Å². The minimum atomic E-state index is -0.228. The van der Waals surface area contributed by atoms with E-state index < -0.39 is 0 Å². The highest BCUT2D eigenvalue weighted by molar-refractivity contribution is 5.93. The normalized spacial score (nSPS) is 16.2. The fourth-order valence-electron chi connectivity index (χ4n) is 3.84. The number of nitrogens with one attached hydrogen (secondary N) is 3. The predicted molar refractivity (Wildman–Crippen MR) is 128 cm³/mol. The number of aromatic amines is 1. The molecule has 3 N–H and O–H groups in total. The number of hydrogen-bond acceptors (Lipinski definition) is 8. The summed E-state index contributed by atoms with van der Waals surface area (Å²) in [5.74, 6) is 0.513. The number of hydrogen-bond donors (Lipinski definition) is 3. The van der Waals surface area contributed by atoms with Gasteiger partial charge in [-0.3, -0.25) is 4.79 Å². The molecule has 1 saturated heterocycles. The van der Waals surface area contributed by atoms with Crippen molar-refractivity contribution < 1.29 is 14.3 Å². The zero-order chi connectivity index (χ0) is 23.3. The number of aromatic nitrogens is 5. The maximum Gasteiger partial charge on any atom is 0.227 e. The molecule has 4 heterocycles. The largest absolute Gasteiger partial charge is 0.379 e. The third kappa shape index (κ3) is 4.87. The lowest BCUT2D eigenvalue weighted by Gasteiger charge is -2.16. The standard InChI is InChI=1S/C24H25N7O3/c1-15-5-6-16(30-20(32)11-17-12-33-8-3-9-34-17)10-19(15)31-23-18(4-2-7-25-23)21-22-24(28-13-26-21)29-14-27-22/h2,4-7,10,13-14,17H,3,8-9,11-12H2,1H3,(H,25,31)(H,30,32)(H,26,27,28,29). The van der Waals surface area contributed by atoms with E-state index in [2.05, 4.69) is 35.6 Å². The second-order valence-electron chi connectivity index (χ2n) is 8.05. The number of ether oxygens (including phenoxy) is 2. The van der Waals surface area contributed by atoms with Crippen LogP contribution in [0, 0.1) is 6.92 Å². The lowest BCUT2D eigenvalue weighted by atomic mass is 10.1. The minimum Gasteiger partial charge on any atom is -0.379 e. The minimum absolute atomic E-state index is 0.119. The van der Waals surface area contributed by atoms with Crippen LogP contribution >= 0.6 is 0 Å². The Balaban J connectivity index is 1.36. The van der Waals surface area contributed by atoms with Crippen LogP contribution in [-0.4, -0.2) is 56.8 Å². The van der Waals surface area contributed by atoms with E-state index in [1.165, 1.54) is 6.33 Å². The van der Waals surface area contributed by atoms with Gasteiger partial charge in [0.25, 0.3) is 0 Å². The summed E-state index contributed by atoms with van der Waals surface area (Å²) in [6.45, 7) is 3.70. The van der Waals surface area contributed by atoms with Crippen molar-refractivity contribution in [1.29, 1.82) is 0 Å². The van der Waals surface area contributed by atoms with Crippen molar-refractivity contribution in [3.63, 3.8) is 0 Å². The first-order valence-electron chi connectivity index (χ1n) is 11.1. The first-order chi connectivity index (χ1) is 16.7. The predicted octanol–water partition coefficient (Wildman–Crippen LogP) is 3.60. The van der Waals surface area contributed by atoms with Gasteiger partial charge in [-0.15, -0.1) is 0 Å². The molecular weight excluding hydrogens is 434 g/mol. The number of rotatable bonds is 6. The molecule has 1 unspecified atom stereocenters. The Morgan fingerprint density at radius 1 is 1.18 bits per heavy atom. The Morgan fingerprint density at radius 2 is 2.12 bits per heavy atom. The monoisotopic (exact) mass is 459 g/mol. The van der Waals surface area contributed by atoms with E-state index in [1.54, 1.807) is 12.5 Å². The number of imidazole rings is 1. The molecule has 174 valence electrons. The van der Waals surface area contributed by atoms with Gasteiger partial charge in [0, 0.05) is 36.3 Å². The number of fused-ring (bicyclic) bond motifs is 1. The molecule has 3 aromatic heterocycles. The van der Waals surface area contributed by atoms with Gasteiger partial charge in [-0.05, 0) is 43.2 Å². The molecule has 0 spiro atoms. The van der Waals surface area contributed by atoms with Gasteiger partial charge in [-0.1, -0.05) is 6.07 Å². The van der Waals surface area contributed by atoms with E-state index in [1.807, 2.05) is 37.3 Å². The molecule has 0 aliphatic carbocycles. The summed E-state index contributed by atoms with van der Waals surface area (Å²) in [5.41, 5.74) is 5.34. The molecule has 34 heavy (non-hydrogen) atoms. The van der Waals surface area contributed by atoms with Crippen LogP contribution in [0.4, 0.5) is 17.2 Å². The van der Waals surface area contributed by atoms with Crippen molar-refractivity contribution in [3.8, 4) is 11.3 Å². The van der Waals surface area contributed by atoms with Crippen LogP contribution in [0.15, 0.2) is 49.2 Å². The highest BCUT2D eigenvalue weighted by Gasteiger charge is 2.18. The maximum absolute atomic E-state index is 12.6. The molecule has 0 radical (unpaired) electrons. The van der Waals surface area contributed by atoms with Gasteiger partial charge in [-0.25, -0.2) is 19.9 Å². The molecule has 0 bridgehead atoms. The summed E-state index contributed by atoms with van der Waals surface area (Å²) in [5, 5.41) is 6.36. The summed E-state index contributed by atoms with van der Waals surface area (Å²) in [7, 11) is 0. The average Bonchev–Trinajstić information content (AvgIpc) is 3.19. The SMILES string of the molecule is Cc1ccc(NC(=O)CC2COCCCO2)cc1Nc1ncccc1-c1ncnc2nc[nH]c12. The van der Waals surface area contributed by atoms with Crippen LogP contribution in [0.3, 0.4) is 0 Å². The molecule has 1 amide bonds. The molecule has 1 aromatic carbocycles. The van der Waals surface area contributed by atoms with Crippen molar-refractivity contribution in [1.82, 2.24) is 24.9 Å². The fraction of sp³-hybridized carbons (Fsp3) is 0.292. The molecule has 5 rings (SSSR count). The second-order valence-corrected chi connectivity index (χ2v) is 8.05. The first-order valence-corrected chi connectivity index (χ1v) is 11.1. The van der Waals surface area contributed by atoms with E-state index in [4.69, 9.17) is 9.47 Å². The third-order valence-electron chi connectivity index (χ3n) is 5.56. The molecule has 10 nitrogen and oxygen atoms in total. The fourth-order valence-corrected chi connectivity index (χ4v) is 3.84. The van der Waals surface area contributed by atoms with Crippen molar-refractivity contribution in [2.24, 2.45) is 0 Å². The van der Waals surface area contributed by atoms with E-state index in [-0.39, 0.29) is 18.4 Å². The smallest absolute Gasteiger partial charge is 0.227 e. The Hall–Kier alpha value is -3.89. The molecule has 1 fully saturated rings. The average molecular weight is 460 g/mol.